The molecule has 0 aliphatic carbocycles. The number of anilines is 1. The molecule has 0 radical (unpaired) electrons. The lowest BCUT2D eigenvalue weighted by Crippen LogP contribution is -2.43. The molecule has 1 aliphatic rings. The number of hydrogen-bond donors (Lipinski definition) is 0. The molecule has 1 aromatic heterocycles. The zero-order valence-electron chi connectivity index (χ0n) is 11.9. The highest BCUT2D eigenvalue weighted by Crippen LogP contribution is 2.28. The number of morpholine rings is 1. The molecule has 1 saturated heterocycles. The van der Waals surface area contributed by atoms with Crippen LogP contribution in [0.5, 0.6) is 5.88 Å². The number of pyridine rings is 1. The van der Waals surface area contributed by atoms with Gasteiger partial charge in [0.25, 0.3) is 0 Å². The maximum atomic E-state index is 6.10. The van der Waals surface area contributed by atoms with E-state index >= 15 is 0 Å². The Morgan fingerprint density at radius 1 is 1.42 bits per heavy atom. The molecule has 1 fully saturated rings. The van der Waals surface area contributed by atoms with E-state index in [2.05, 4.69) is 16.8 Å². The summed E-state index contributed by atoms with van der Waals surface area (Å²) in [5, 5.41) is 0.454. The second-order valence-electron chi connectivity index (χ2n) is 5.82. The van der Waals surface area contributed by atoms with Crippen LogP contribution < -0.4 is 9.64 Å². The average molecular weight is 285 g/mol. The van der Waals surface area contributed by atoms with E-state index in [1.165, 1.54) is 0 Å². The van der Waals surface area contributed by atoms with Gasteiger partial charge in [-0.15, -0.1) is 0 Å². The zero-order valence-corrected chi connectivity index (χ0v) is 12.7. The molecule has 1 atom stereocenters. The second kappa shape index (κ2) is 5.55. The van der Waals surface area contributed by atoms with Crippen LogP contribution >= 0.6 is 11.6 Å². The van der Waals surface area contributed by atoms with E-state index in [0.717, 1.165) is 25.4 Å². The lowest BCUT2D eigenvalue weighted by atomic mass is 10.2. The van der Waals surface area contributed by atoms with E-state index in [1.807, 2.05) is 32.9 Å². The number of nitrogens with zero attached hydrogens (tertiary/aromatic N) is 2. The van der Waals surface area contributed by atoms with Gasteiger partial charge in [-0.3, -0.25) is 0 Å². The predicted molar refractivity (Wildman–Crippen MR) is 77.3 cm³/mol. The van der Waals surface area contributed by atoms with Gasteiger partial charge in [0.15, 0.2) is 0 Å². The van der Waals surface area contributed by atoms with Crippen LogP contribution in [-0.4, -0.2) is 36.4 Å². The van der Waals surface area contributed by atoms with E-state index < -0.39 is 0 Å². The first-order valence-corrected chi connectivity index (χ1v) is 6.94. The van der Waals surface area contributed by atoms with Gasteiger partial charge >= 0.3 is 0 Å². The van der Waals surface area contributed by atoms with Gasteiger partial charge in [-0.1, -0.05) is 11.6 Å². The average Bonchev–Trinajstić information content (AvgIpc) is 2.26. The summed E-state index contributed by atoms with van der Waals surface area (Å²) in [6.07, 6.45) is 0. The zero-order chi connectivity index (χ0) is 14.0. The fourth-order valence-electron chi connectivity index (χ4n) is 2.10. The van der Waals surface area contributed by atoms with Gasteiger partial charge < -0.3 is 14.4 Å². The minimum absolute atomic E-state index is 0.286. The Morgan fingerprint density at radius 2 is 2.16 bits per heavy atom. The molecule has 2 heterocycles. The number of halogens is 1. The highest BCUT2D eigenvalue weighted by Gasteiger charge is 2.21. The van der Waals surface area contributed by atoms with E-state index in [9.17, 15) is 0 Å². The normalized spacial score (nSPS) is 20.5. The van der Waals surface area contributed by atoms with Crippen molar-refractivity contribution in [3.8, 4) is 5.88 Å². The van der Waals surface area contributed by atoms with Crippen molar-refractivity contribution in [1.29, 1.82) is 0 Å². The third kappa shape index (κ3) is 3.98. The van der Waals surface area contributed by atoms with Gasteiger partial charge in [-0.25, -0.2) is 4.98 Å². The Bertz CT molecular complexity index is 446. The molecular formula is C14H21ClN2O2. The third-order valence-electron chi connectivity index (χ3n) is 2.87. The number of aromatic nitrogens is 1. The molecule has 19 heavy (non-hydrogen) atoms. The molecule has 0 N–H and O–H groups in total. The molecule has 0 saturated carbocycles. The van der Waals surface area contributed by atoms with Gasteiger partial charge in [0.2, 0.25) is 5.88 Å². The maximum Gasteiger partial charge on any atom is 0.217 e. The van der Waals surface area contributed by atoms with Gasteiger partial charge in [-0.05, 0) is 33.8 Å². The van der Waals surface area contributed by atoms with Crippen molar-refractivity contribution >= 4 is 17.3 Å². The van der Waals surface area contributed by atoms with Crippen molar-refractivity contribution in [2.24, 2.45) is 0 Å². The van der Waals surface area contributed by atoms with Gasteiger partial charge in [0.1, 0.15) is 10.8 Å². The summed E-state index contributed by atoms with van der Waals surface area (Å²) in [5.74, 6) is 0.564. The van der Waals surface area contributed by atoms with Crippen molar-refractivity contribution in [2.45, 2.75) is 39.3 Å². The fraction of sp³-hybridized carbons (Fsp3) is 0.643. The van der Waals surface area contributed by atoms with E-state index in [4.69, 9.17) is 21.1 Å². The lowest BCUT2D eigenvalue weighted by Gasteiger charge is -2.35. The van der Waals surface area contributed by atoms with Crippen LogP contribution in [0.2, 0.25) is 5.15 Å². The second-order valence-corrected chi connectivity index (χ2v) is 6.21. The summed E-state index contributed by atoms with van der Waals surface area (Å²) in [4.78, 5) is 6.49. The molecule has 0 amide bonds. The van der Waals surface area contributed by atoms with Gasteiger partial charge in [0.05, 0.1) is 13.2 Å². The number of hydrogen-bond acceptors (Lipinski definition) is 4. The molecule has 2 rings (SSSR count). The van der Waals surface area contributed by atoms with Crippen LogP contribution in [0.15, 0.2) is 12.1 Å². The summed E-state index contributed by atoms with van der Waals surface area (Å²) in [5.41, 5.74) is 0.751. The molecule has 1 aromatic rings. The molecule has 0 aromatic carbocycles. The third-order valence-corrected chi connectivity index (χ3v) is 3.06. The highest BCUT2D eigenvalue weighted by molar-refractivity contribution is 6.29. The number of ether oxygens (including phenoxy) is 2. The maximum absolute atomic E-state index is 6.10. The molecule has 5 heteroatoms. The molecule has 0 bridgehead atoms. The van der Waals surface area contributed by atoms with Crippen molar-refractivity contribution in [3.05, 3.63) is 17.3 Å². The first-order chi connectivity index (χ1) is 8.85. The number of rotatable bonds is 2. The minimum atomic E-state index is -0.286. The first-order valence-electron chi connectivity index (χ1n) is 6.56. The van der Waals surface area contributed by atoms with Crippen molar-refractivity contribution < 1.29 is 9.47 Å². The monoisotopic (exact) mass is 284 g/mol. The van der Waals surface area contributed by atoms with Crippen molar-refractivity contribution in [1.82, 2.24) is 4.98 Å². The van der Waals surface area contributed by atoms with Gasteiger partial charge in [-0.2, -0.15) is 0 Å². The summed E-state index contributed by atoms with van der Waals surface area (Å²) in [7, 11) is 0. The summed E-state index contributed by atoms with van der Waals surface area (Å²) in [6, 6.07) is 4.15. The fourth-order valence-corrected chi connectivity index (χ4v) is 2.30. The quantitative estimate of drug-likeness (QED) is 0.782. The van der Waals surface area contributed by atoms with Crippen LogP contribution in [0, 0.1) is 0 Å². The Morgan fingerprint density at radius 3 is 2.79 bits per heavy atom. The van der Waals surface area contributed by atoms with Crippen LogP contribution in [0.1, 0.15) is 27.7 Å². The van der Waals surface area contributed by atoms with Crippen molar-refractivity contribution in [2.75, 3.05) is 24.7 Å². The standard InChI is InChI=1S/C14H21ClN2O2/c1-10-9-18-6-5-17(10)11-7-12(15)16-13(8-11)19-14(2,3)4/h7-8,10H,5-6,9H2,1-4H3. The molecule has 4 nitrogen and oxygen atoms in total. The first kappa shape index (κ1) is 14.4. The molecule has 1 unspecified atom stereocenters. The molecule has 0 spiro atoms. The highest BCUT2D eigenvalue weighted by atomic mass is 35.5. The summed E-state index contributed by atoms with van der Waals surface area (Å²) < 4.78 is 11.2. The molecular weight excluding hydrogens is 264 g/mol. The summed E-state index contributed by atoms with van der Waals surface area (Å²) >= 11 is 6.10. The van der Waals surface area contributed by atoms with E-state index in [0.29, 0.717) is 17.1 Å². The lowest BCUT2D eigenvalue weighted by molar-refractivity contribution is 0.0986. The Labute approximate surface area is 119 Å². The van der Waals surface area contributed by atoms with Gasteiger partial charge in [0, 0.05) is 24.3 Å². The Balaban J connectivity index is 2.25. The van der Waals surface area contributed by atoms with E-state index in [-0.39, 0.29) is 5.60 Å². The van der Waals surface area contributed by atoms with Crippen LogP contribution in [0.25, 0.3) is 0 Å². The Hall–Kier alpha value is -1.00. The van der Waals surface area contributed by atoms with Crippen LogP contribution in [0.4, 0.5) is 5.69 Å². The molecule has 106 valence electrons. The smallest absolute Gasteiger partial charge is 0.217 e. The SMILES string of the molecule is CC1COCCN1c1cc(Cl)nc(OC(C)(C)C)c1. The van der Waals surface area contributed by atoms with E-state index in [1.54, 1.807) is 0 Å². The predicted octanol–water partition coefficient (Wildman–Crippen LogP) is 3.14. The largest absolute Gasteiger partial charge is 0.472 e. The van der Waals surface area contributed by atoms with Crippen LogP contribution in [0.3, 0.4) is 0 Å². The minimum Gasteiger partial charge on any atom is -0.472 e. The Kier molecular flexibility index (Phi) is 4.21. The molecule has 1 aliphatic heterocycles. The van der Waals surface area contributed by atoms with Crippen molar-refractivity contribution in [3.63, 3.8) is 0 Å². The summed E-state index contributed by atoms with van der Waals surface area (Å²) in [6.45, 7) is 10.4. The topological polar surface area (TPSA) is 34.6 Å². The van der Waals surface area contributed by atoms with Crippen LogP contribution in [-0.2, 0) is 4.74 Å².